The highest BCUT2D eigenvalue weighted by Crippen LogP contribution is 2.30. The van der Waals surface area contributed by atoms with Crippen molar-refractivity contribution in [3.63, 3.8) is 0 Å². The van der Waals surface area contributed by atoms with E-state index in [0.29, 0.717) is 13.2 Å². The number of aromatic amines is 2. The third kappa shape index (κ3) is 4.05. The molecule has 6 aromatic rings. The van der Waals surface area contributed by atoms with E-state index in [1.807, 2.05) is 38.4 Å². The lowest BCUT2D eigenvalue weighted by molar-refractivity contribution is 0.280. The molecule has 4 heterocycles. The molecule has 0 spiro atoms. The van der Waals surface area contributed by atoms with E-state index in [1.54, 1.807) is 0 Å². The van der Waals surface area contributed by atoms with Gasteiger partial charge in [0.2, 0.25) is 0 Å². The third-order valence-electron chi connectivity index (χ3n) is 6.69. The van der Waals surface area contributed by atoms with Crippen molar-refractivity contribution in [1.82, 2.24) is 19.9 Å². The highest BCUT2D eigenvalue weighted by Gasteiger charge is 2.09. The van der Waals surface area contributed by atoms with Gasteiger partial charge in [-0.2, -0.15) is 0 Å². The molecule has 0 atom stereocenters. The van der Waals surface area contributed by atoms with Crippen molar-refractivity contribution in [1.29, 1.82) is 0 Å². The summed E-state index contributed by atoms with van der Waals surface area (Å²) in [7, 11) is 0. The molecule has 6 rings (SSSR count). The summed E-state index contributed by atoms with van der Waals surface area (Å²) in [5, 5.41) is 4.81. The van der Waals surface area contributed by atoms with Gasteiger partial charge in [0, 0.05) is 46.1 Å². The minimum Gasteiger partial charge on any atom is -0.494 e. The molecule has 2 aromatic carbocycles. The maximum absolute atomic E-state index is 6.01. The van der Waals surface area contributed by atoms with Crippen LogP contribution < -0.4 is 9.47 Å². The molecule has 0 bridgehead atoms. The van der Waals surface area contributed by atoms with Crippen LogP contribution in [0.3, 0.4) is 0 Å². The Kier molecular flexibility index (Phi) is 5.49. The molecule has 0 aliphatic heterocycles. The van der Waals surface area contributed by atoms with Crippen LogP contribution in [0.2, 0.25) is 0 Å². The number of pyridine rings is 2. The molecule has 0 saturated carbocycles. The molecule has 0 amide bonds. The molecule has 35 heavy (non-hydrogen) atoms. The third-order valence-corrected chi connectivity index (χ3v) is 6.69. The topological polar surface area (TPSA) is 75.8 Å². The summed E-state index contributed by atoms with van der Waals surface area (Å²) in [6.45, 7) is 5.44. The van der Waals surface area contributed by atoms with E-state index in [4.69, 9.17) is 9.47 Å². The van der Waals surface area contributed by atoms with Crippen LogP contribution in [-0.2, 0) is 0 Å². The van der Waals surface area contributed by atoms with Gasteiger partial charge < -0.3 is 19.4 Å². The fraction of sp³-hybridized carbons (Fsp3) is 0.241. The van der Waals surface area contributed by atoms with Crippen LogP contribution in [0, 0.1) is 13.8 Å². The van der Waals surface area contributed by atoms with Crippen LogP contribution in [0.15, 0.2) is 60.9 Å². The molecule has 6 nitrogen and oxygen atoms in total. The van der Waals surface area contributed by atoms with Crippen LogP contribution in [0.4, 0.5) is 0 Å². The van der Waals surface area contributed by atoms with E-state index in [1.165, 1.54) is 21.5 Å². The van der Waals surface area contributed by atoms with E-state index < -0.39 is 0 Å². The quantitative estimate of drug-likeness (QED) is 0.238. The van der Waals surface area contributed by atoms with Gasteiger partial charge in [-0.05, 0) is 69.5 Å². The van der Waals surface area contributed by atoms with Crippen LogP contribution in [0.25, 0.3) is 43.6 Å². The maximum Gasteiger partial charge on any atom is 0.121 e. The second kappa shape index (κ2) is 8.95. The van der Waals surface area contributed by atoms with Crippen molar-refractivity contribution < 1.29 is 9.47 Å². The van der Waals surface area contributed by atoms with Gasteiger partial charge in [0.15, 0.2) is 0 Å². The van der Waals surface area contributed by atoms with Crippen LogP contribution in [0.5, 0.6) is 11.5 Å². The smallest absolute Gasteiger partial charge is 0.121 e. The second-order valence-corrected chi connectivity index (χ2v) is 9.06. The Morgan fingerprint density at radius 2 is 1.09 bits per heavy atom. The zero-order valence-electron chi connectivity index (χ0n) is 20.0. The molecular weight excluding hydrogens is 436 g/mol. The Morgan fingerprint density at radius 1 is 0.600 bits per heavy atom. The number of H-pyrrole nitrogens is 2. The monoisotopic (exact) mass is 464 g/mol. The predicted molar refractivity (Wildman–Crippen MR) is 142 cm³/mol. The Balaban J connectivity index is 0.991. The average molecular weight is 465 g/mol. The van der Waals surface area contributed by atoms with Crippen molar-refractivity contribution in [3.05, 3.63) is 72.3 Å². The number of aryl methyl sites for hydroxylation is 2. The van der Waals surface area contributed by atoms with Crippen molar-refractivity contribution in [3.8, 4) is 11.5 Å². The minimum absolute atomic E-state index is 0.695. The molecule has 6 heteroatoms. The van der Waals surface area contributed by atoms with E-state index in [2.05, 4.69) is 56.3 Å². The lowest BCUT2D eigenvalue weighted by Gasteiger charge is -2.08. The molecular formula is C29H28N4O2. The Hall–Kier alpha value is -4.06. The standard InChI is InChI=1S/C29H28N4O2/c1-18-28-24(10-12-30-18)22-8-6-20(16-26(22)32-28)34-14-4-3-5-15-35-21-7-9-23-25-11-13-31-19(2)29(25)33-27(23)17-21/h6-13,16-17,32-33H,3-5,14-15H2,1-2H3. The first kappa shape index (κ1) is 21.5. The normalized spacial score (nSPS) is 11.7. The number of ether oxygens (including phenoxy) is 2. The van der Waals surface area contributed by atoms with E-state index in [0.717, 1.165) is 64.2 Å². The summed E-state index contributed by atoms with van der Waals surface area (Å²) in [5.41, 5.74) is 6.38. The van der Waals surface area contributed by atoms with Crippen LogP contribution in [-0.4, -0.2) is 33.1 Å². The number of hydrogen-bond donors (Lipinski definition) is 2. The highest BCUT2D eigenvalue weighted by atomic mass is 16.5. The van der Waals surface area contributed by atoms with Gasteiger partial charge in [-0.1, -0.05) is 0 Å². The lowest BCUT2D eigenvalue weighted by atomic mass is 10.1. The molecule has 0 aliphatic rings. The number of benzene rings is 2. The molecule has 0 fully saturated rings. The van der Waals surface area contributed by atoms with Crippen molar-refractivity contribution in [2.24, 2.45) is 0 Å². The fourth-order valence-corrected chi connectivity index (χ4v) is 4.83. The first-order valence-electron chi connectivity index (χ1n) is 12.2. The minimum atomic E-state index is 0.695. The zero-order chi connectivity index (χ0) is 23.8. The Morgan fingerprint density at radius 3 is 1.57 bits per heavy atom. The molecule has 0 radical (unpaired) electrons. The number of nitrogens with zero attached hydrogens (tertiary/aromatic N) is 2. The SMILES string of the molecule is Cc1nccc2c1[nH]c1cc(OCCCCCOc3ccc4c(c3)[nH]c3c(C)nccc34)ccc12. The molecule has 0 unspecified atom stereocenters. The number of aromatic nitrogens is 4. The number of hydrogen-bond acceptors (Lipinski definition) is 4. The largest absolute Gasteiger partial charge is 0.494 e. The number of unbranched alkanes of at least 4 members (excludes halogenated alkanes) is 2. The van der Waals surface area contributed by atoms with Crippen LogP contribution in [0.1, 0.15) is 30.7 Å². The summed E-state index contributed by atoms with van der Waals surface area (Å²) in [5.74, 6) is 1.78. The first-order chi connectivity index (χ1) is 17.2. The molecule has 176 valence electrons. The van der Waals surface area contributed by atoms with Gasteiger partial charge >= 0.3 is 0 Å². The van der Waals surface area contributed by atoms with Gasteiger partial charge in [0.05, 0.1) is 46.7 Å². The summed E-state index contributed by atoms with van der Waals surface area (Å²) in [6.07, 6.45) is 6.75. The highest BCUT2D eigenvalue weighted by molar-refractivity contribution is 6.08. The van der Waals surface area contributed by atoms with Crippen molar-refractivity contribution >= 4 is 43.6 Å². The van der Waals surface area contributed by atoms with Crippen molar-refractivity contribution in [2.45, 2.75) is 33.1 Å². The molecule has 0 saturated heterocycles. The van der Waals surface area contributed by atoms with Gasteiger partial charge in [-0.15, -0.1) is 0 Å². The molecule has 2 N–H and O–H groups in total. The Bertz CT molecular complexity index is 1540. The number of nitrogens with one attached hydrogen (secondary N) is 2. The fourth-order valence-electron chi connectivity index (χ4n) is 4.83. The number of rotatable bonds is 8. The van der Waals surface area contributed by atoms with E-state index in [-0.39, 0.29) is 0 Å². The first-order valence-corrected chi connectivity index (χ1v) is 12.2. The Labute approximate surface area is 203 Å². The summed E-state index contributed by atoms with van der Waals surface area (Å²) in [4.78, 5) is 15.7. The van der Waals surface area contributed by atoms with Gasteiger partial charge in [0.1, 0.15) is 11.5 Å². The summed E-state index contributed by atoms with van der Waals surface area (Å²) < 4.78 is 12.0. The lowest BCUT2D eigenvalue weighted by Crippen LogP contribution is -2.01. The van der Waals surface area contributed by atoms with Crippen LogP contribution >= 0.6 is 0 Å². The predicted octanol–water partition coefficient (Wildman–Crippen LogP) is 6.99. The van der Waals surface area contributed by atoms with Crippen molar-refractivity contribution in [2.75, 3.05) is 13.2 Å². The summed E-state index contributed by atoms with van der Waals surface area (Å²) >= 11 is 0. The zero-order valence-corrected chi connectivity index (χ0v) is 20.0. The second-order valence-electron chi connectivity index (χ2n) is 9.06. The van der Waals surface area contributed by atoms with Gasteiger partial charge in [-0.3, -0.25) is 9.97 Å². The molecule has 4 aromatic heterocycles. The van der Waals surface area contributed by atoms with E-state index >= 15 is 0 Å². The average Bonchev–Trinajstić information content (AvgIpc) is 3.43. The molecule has 0 aliphatic carbocycles. The van der Waals surface area contributed by atoms with Gasteiger partial charge in [-0.25, -0.2) is 0 Å². The number of fused-ring (bicyclic) bond motifs is 6. The maximum atomic E-state index is 6.01. The van der Waals surface area contributed by atoms with Gasteiger partial charge in [0.25, 0.3) is 0 Å². The van der Waals surface area contributed by atoms with E-state index in [9.17, 15) is 0 Å². The summed E-state index contributed by atoms with van der Waals surface area (Å²) in [6, 6.07) is 16.6.